The predicted octanol–water partition coefficient (Wildman–Crippen LogP) is 0.0265. The Bertz CT molecular complexity index is 336. The summed E-state index contributed by atoms with van der Waals surface area (Å²) in [5, 5.41) is 11.0. The van der Waals surface area contributed by atoms with Crippen LogP contribution in [0.25, 0.3) is 0 Å². The van der Waals surface area contributed by atoms with E-state index in [1.165, 1.54) is 0 Å². The highest BCUT2D eigenvalue weighted by atomic mass is 16.6. The molecule has 1 amide bonds. The van der Waals surface area contributed by atoms with Crippen LogP contribution in [0.1, 0.15) is 40.0 Å². The summed E-state index contributed by atoms with van der Waals surface area (Å²) in [5.41, 5.74) is 4.71. The number of carbonyl (C=O) groups is 3. The van der Waals surface area contributed by atoms with Crippen LogP contribution in [0.3, 0.4) is 0 Å². The van der Waals surface area contributed by atoms with E-state index in [1.54, 1.807) is 20.8 Å². The summed E-state index contributed by atoms with van der Waals surface area (Å²) in [5.74, 6) is -1.86. The highest BCUT2D eigenvalue weighted by Gasteiger charge is 2.16. The smallest absolute Gasteiger partial charge is 0.320 e. The summed E-state index contributed by atoms with van der Waals surface area (Å²) in [6.45, 7) is 5.44. The molecular weight excluding hydrogens is 252 g/mol. The van der Waals surface area contributed by atoms with Crippen molar-refractivity contribution < 1.29 is 24.2 Å². The van der Waals surface area contributed by atoms with E-state index in [1.807, 2.05) is 0 Å². The number of amides is 1. The Morgan fingerprint density at radius 1 is 1.26 bits per heavy atom. The molecule has 0 rings (SSSR count). The molecule has 0 saturated heterocycles. The lowest BCUT2D eigenvalue weighted by atomic mass is 10.1. The van der Waals surface area contributed by atoms with Crippen molar-refractivity contribution >= 4 is 17.8 Å². The SMILES string of the molecule is CC(C)(C)OC(=O)CCNC(=O)CC[C@H](N)C(=O)O. The molecule has 1 atom stereocenters. The van der Waals surface area contributed by atoms with Crippen LogP contribution in [-0.2, 0) is 19.1 Å². The van der Waals surface area contributed by atoms with Crippen LogP contribution in [0, 0.1) is 0 Å². The molecule has 0 saturated carbocycles. The molecule has 0 radical (unpaired) electrons. The molecule has 19 heavy (non-hydrogen) atoms. The molecule has 0 spiro atoms. The third kappa shape index (κ3) is 10.0. The van der Waals surface area contributed by atoms with E-state index in [2.05, 4.69) is 5.32 Å². The van der Waals surface area contributed by atoms with Gasteiger partial charge in [0.05, 0.1) is 6.42 Å². The molecule has 0 fully saturated rings. The highest BCUT2D eigenvalue weighted by molar-refractivity contribution is 5.79. The topological polar surface area (TPSA) is 119 Å². The standard InChI is InChI=1S/C12H22N2O5/c1-12(2,3)19-10(16)6-7-14-9(15)5-4-8(13)11(17)18/h8H,4-7,13H2,1-3H3,(H,14,15)(H,17,18)/t8-/m0/s1. The Balaban J connectivity index is 3.75. The van der Waals surface area contributed by atoms with Gasteiger partial charge in [0.2, 0.25) is 5.91 Å². The van der Waals surface area contributed by atoms with E-state index < -0.39 is 23.6 Å². The number of nitrogens with two attached hydrogens (primary N) is 1. The summed E-state index contributed by atoms with van der Waals surface area (Å²) in [7, 11) is 0. The minimum absolute atomic E-state index is 0.0157. The van der Waals surface area contributed by atoms with Gasteiger partial charge in [-0.15, -0.1) is 0 Å². The van der Waals surface area contributed by atoms with Crippen LogP contribution >= 0.6 is 0 Å². The molecule has 0 unspecified atom stereocenters. The fourth-order valence-corrected chi connectivity index (χ4v) is 1.19. The highest BCUT2D eigenvalue weighted by Crippen LogP contribution is 2.07. The second-order valence-electron chi connectivity index (χ2n) is 5.17. The van der Waals surface area contributed by atoms with Gasteiger partial charge in [-0.2, -0.15) is 0 Å². The van der Waals surface area contributed by atoms with Gasteiger partial charge in [-0.05, 0) is 27.2 Å². The fourth-order valence-electron chi connectivity index (χ4n) is 1.19. The zero-order valence-electron chi connectivity index (χ0n) is 11.6. The number of hydrogen-bond donors (Lipinski definition) is 3. The minimum Gasteiger partial charge on any atom is -0.480 e. The van der Waals surface area contributed by atoms with Crippen LogP contribution < -0.4 is 11.1 Å². The van der Waals surface area contributed by atoms with Gasteiger partial charge in [0.15, 0.2) is 0 Å². The molecular formula is C12H22N2O5. The fraction of sp³-hybridized carbons (Fsp3) is 0.750. The molecule has 0 aliphatic rings. The van der Waals surface area contributed by atoms with E-state index in [0.717, 1.165) is 0 Å². The molecule has 0 heterocycles. The summed E-state index contributed by atoms with van der Waals surface area (Å²) in [6.07, 6.45) is 0.156. The quantitative estimate of drug-likeness (QED) is 0.563. The molecule has 7 nitrogen and oxygen atoms in total. The summed E-state index contributed by atoms with van der Waals surface area (Å²) in [4.78, 5) is 33.1. The normalized spacial score (nSPS) is 12.6. The Morgan fingerprint density at radius 3 is 2.32 bits per heavy atom. The van der Waals surface area contributed by atoms with E-state index in [4.69, 9.17) is 15.6 Å². The van der Waals surface area contributed by atoms with Crippen LogP contribution in [-0.4, -0.2) is 41.1 Å². The van der Waals surface area contributed by atoms with Crippen molar-refractivity contribution in [2.24, 2.45) is 5.73 Å². The molecule has 0 bridgehead atoms. The molecule has 0 aliphatic heterocycles. The lowest BCUT2D eigenvalue weighted by Crippen LogP contribution is -2.33. The van der Waals surface area contributed by atoms with Crippen molar-refractivity contribution in [2.75, 3.05) is 6.54 Å². The van der Waals surface area contributed by atoms with Crippen molar-refractivity contribution in [1.29, 1.82) is 0 Å². The van der Waals surface area contributed by atoms with Gasteiger partial charge < -0.3 is 20.9 Å². The van der Waals surface area contributed by atoms with Gasteiger partial charge in [-0.1, -0.05) is 0 Å². The Kier molecular flexibility index (Phi) is 7.06. The first-order valence-corrected chi connectivity index (χ1v) is 6.09. The maximum Gasteiger partial charge on any atom is 0.320 e. The zero-order valence-corrected chi connectivity index (χ0v) is 11.6. The maximum absolute atomic E-state index is 11.3. The average molecular weight is 274 g/mol. The summed E-state index contributed by atoms with van der Waals surface area (Å²) < 4.78 is 5.06. The van der Waals surface area contributed by atoms with Crippen LogP contribution in [0.5, 0.6) is 0 Å². The first-order valence-electron chi connectivity index (χ1n) is 6.09. The molecule has 0 aromatic rings. The van der Waals surface area contributed by atoms with E-state index >= 15 is 0 Å². The minimum atomic E-state index is -1.14. The van der Waals surface area contributed by atoms with E-state index in [9.17, 15) is 14.4 Å². The van der Waals surface area contributed by atoms with Crippen LogP contribution in [0.15, 0.2) is 0 Å². The number of aliphatic carboxylic acids is 1. The van der Waals surface area contributed by atoms with Gasteiger partial charge >= 0.3 is 11.9 Å². The zero-order chi connectivity index (χ0) is 15.1. The lowest BCUT2D eigenvalue weighted by molar-refractivity contribution is -0.154. The summed E-state index contributed by atoms with van der Waals surface area (Å²) in [6, 6.07) is -1.04. The lowest BCUT2D eigenvalue weighted by Gasteiger charge is -2.19. The van der Waals surface area contributed by atoms with Crippen molar-refractivity contribution in [3.05, 3.63) is 0 Å². The number of nitrogens with one attached hydrogen (secondary N) is 1. The predicted molar refractivity (Wildman–Crippen MR) is 68.3 cm³/mol. The molecule has 4 N–H and O–H groups in total. The average Bonchev–Trinajstić information content (AvgIpc) is 2.23. The first-order chi connectivity index (χ1) is 8.61. The van der Waals surface area contributed by atoms with E-state index in [0.29, 0.717) is 0 Å². The summed E-state index contributed by atoms with van der Waals surface area (Å²) >= 11 is 0. The van der Waals surface area contributed by atoms with Crippen LogP contribution in [0.2, 0.25) is 0 Å². The number of hydrogen-bond acceptors (Lipinski definition) is 5. The van der Waals surface area contributed by atoms with Crippen molar-refractivity contribution in [1.82, 2.24) is 5.32 Å². The number of carbonyl (C=O) groups excluding carboxylic acids is 2. The third-order valence-electron chi connectivity index (χ3n) is 2.07. The van der Waals surface area contributed by atoms with Gasteiger partial charge in [-0.25, -0.2) is 0 Å². The second kappa shape index (κ2) is 7.73. The largest absolute Gasteiger partial charge is 0.480 e. The van der Waals surface area contributed by atoms with Crippen molar-refractivity contribution in [3.8, 4) is 0 Å². The van der Waals surface area contributed by atoms with Crippen LogP contribution in [0.4, 0.5) is 0 Å². The first kappa shape index (κ1) is 17.4. The van der Waals surface area contributed by atoms with Gasteiger partial charge in [-0.3, -0.25) is 14.4 Å². The molecule has 7 heteroatoms. The second-order valence-corrected chi connectivity index (χ2v) is 5.17. The molecule has 0 aromatic carbocycles. The number of ether oxygens (including phenoxy) is 1. The van der Waals surface area contributed by atoms with Gasteiger partial charge in [0.25, 0.3) is 0 Å². The van der Waals surface area contributed by atoms with Gasteiger partial charge in [0.1, 0.15) is 11.6 Å². The Hall–Kier alpha value is -1.63. The number of rotatable bonds is 7. The molecule has 110 valence electrons. The van der Waals surface area contributed by atoms with E-state index in [-0.39, 0.29) is 31.7 Å². The molecule has 0 aliphatic carbocycles. The van der Waals surface area contributed by atoms with Gasteiger partial charge in [0, 0.05) is 13.0 Å². The van der Waals surface area contributed by atoms with Crippen molar-refractivity contribution in [2.45, 2.75) is 51.7 Å². The number of esters is 1. The number of carboxylic acids is 1. The van der Waals surface area contributed by atoms with Crippen molar-refractivity contribution in [3.63, 3.8) is 0 Å². The number of carboxylic acid groups (broad SMARTS) is 1. The molecule has 0 aromatic heterocycles. The maximum atomic E-state index is 11.3. The monoisotopic (exact) mass is 274 g/mol. The Labute approximate surface area is 112 Å². The third-order valence-corrected chi connectivity index (χ3v) is 2.07. The Morgan fingerprint density at radius 2 is 1.84 bits per heavy atom.